The van der Waals surface area contributed by atoms with E-state index in [2.05, 4.69) is 21.3 Å². The van der Waals surface area contributed by atoms with E-state index in [9.17, 15) is 29.4 Å². The summed E-state index contributed by atoms with van der Waals surface area (Å²) in [6.07, 6.45) is 0.421. The summed E-state index contributed by atoms with van der Waals surface area (Å²) in [4.78, 5) is 51.2. The van der Waals surface area contributed by atoms with Crippen LogP contribution in [0.1, 0.15) is 43.5 Å². The summed E-state index contributed by atoms with van der Waals surface area (Å²) in [6, 6.07) is 3.39. The molecule has 1 aromatic carbocycles. The van der Waals surface area contributed by atoms with Crippen molar-refractivity contribution in [1.82, 2.24) is 21.3 Å². The first kappa shape index (κ1) is 27.1. The van der Waals surface area contributed by atoms with E-state index in [0.29, 0.717) is 25.1 Å². The predicted molar refractivity (Wildman–Crippen MR) is 123 cm³/mol. The summed E-state index contributed by atoms with van der Waals surface area (Å²) in [5, 5.41) is 29.0. The fourth-order valence-corrected chi connectivity index (χ4v) is 3.41. The molecule has 0 aliphatic carbocycles. The molecule has 4 amide bonds. The third-order valence-corrected chi connectivity index (χ3v) is 5.17. The van der Waals surface area contributed by atoms with Crippen LogP contribution in [0.15, 0.2) is 24.3 Å². The largest absolute Gasteiger partial charge is 0.493 e. The van der Waals surface area contributed by atoms with Crippen LogP contribution < -0.4 is 26.0 Å². The SMILES string of the molecule is CC(C)C[C@H]1NC(=O)C[C@@H](C(=O)NC(CO)CO)NC(=O)c2ccccc2OCCCNC1=O. The highest BCUT2D eigenvalue weighted by Crippen LogP contribution is 2.18. The number of nitrogens with one attached hydrogen (secondary N) is 4. The van der Waals surface area contributed by atoms with Gasteiger partial charge in [-0.3, -0.25) is 19.2 Å². The van der Waals surface area contributed by atoms with Gasteiger partial charge in [-0.05, 0) is 30.9 Å². The fourth-order valence-electron chi connectivity index (χ4n) is 3.41. The zero-order valence-electron chi connectivity index (χ0n) is 19.5. The molecule has 0 bridgehead atoms. The quantitative estimate of drug-likeness (QED) is 0.307. The summed E-state index contributed by atoms with van der Waals surface area (Å²) < 4.78 is 5.72. The molecule has 2 atom stereocenters. The molecule has 0 saturated heterocycles. The summed E-state index contributed by atoms with van der Waals surface area (Å²) in [7, 11) is 0. The molecule has 6 N–H and O–H groups in total. The van der Waals surface area contributed by atoms with Gasteiger partial charge >= 0.3 is 0 Å². The lowest BCUT2D eigenvalue weighted by Gasteiger charge is -2.23. The summed E-state index contributed by atoms with van der Waals surface area (Å²) >= 11 is 0. The van der Waals surface area contributed by atoms with Crippen LogP contribution in [-0.4, -0.2) is 78.3 Å². The molecule has 34 heavy (non-hydrogen) atoms. The summed E-state index contributed by atoms with van der Waals surface area (Å²) in [5.74, 6) is -1.93. The third kappa shape index (κ3) is 8.31. The van der Waals surface area contributed by atoms with E-state index in [4.69, 9.17) is 4.74 Å². The normalized spacial score (nSPS) is 20.2. The number of benzene rings is 1. The molecule has 0 fully saturated rings. The van der Waals surface area contributed by atoms with E-state index < -0.39 is 55.5 Å². The van der Waals surface area contributed by atoms with Crippen molar-refractivity contribution in [1.29, 1.82) is 0 Å². The molecule has 1 aliphatic heterocycles. The van der Waals surface area contributed by atoms with Gasteiger partial charge in [0.05, 0.1) is 37.8 Å². The first-order chi connectivity index (χ1) is 16.2. The van der Waals surface area contributed by atoms with Crippen molar-refractivity contribution >= 4 is 23.6 Å². The van der Waals surface area contributed by atoms with E-state index in [-0.39, 0.29) is 24.0 Å². The monoisotopic (exact) mass is 478 g/mol. The van der Waals surface area contributed by atoms with Crippen LogP contribution in [0, 0.1) is 5.92 Å². The number of ether oxygens (including phenoxy) is 1. The molecule has 0 saturated carbocycles. The Kier molecular flexibility index (Phi) is 10.8. The Bertz CT molecular complexity index is 857. The van der Waals surface area contributed by atoms with Crippen molar-refractivity contribution in [2.45, 2.75) is 51.2 Å². The number of para-hydroxylation sites is 1. The van der Waals surface area contributed by atoms with Gasteiger partial charge in [0, 0.05) is 6.54 Å². The van der Waals surface area contributed by atoms with Gasteiger partial charge in [-0.15, -0.1) is 0 Å². The molecule has 1 aromatic rings. The van der Waals surface area contributed by atoms with Crippen LogP contribution in [0.5, 0.6) is 5.75 Å². The highest BCUT2D eigenvalue weighted by molar-refractivity contribution is 6.01. The van der Waals surface area contributed by atoms with Crippen molar-refractivity contribution in [3.63, 3.8) is 0 Å². The molecule has 188 valence electrons. The zero-order chi connectivity index (χ0) is 25.1. The van der Waals surface area contributed by atoms with Crippen molar-refractivity contribution in [2.75, 3.05) is 26.4 Å². The van der Waals surface area contributed by atoms with Crippen LogP contribution >= 0.6 is 0 Å². The molecule has 11 nitrogen and oxygen atoms in total. The Hall–Kier alpha value is -3.18. The number of hydrogen-bond donors (Lipinski definition) is 6. The lowest BCUT2D eigenvalue weighted by Crippen LogP contribution is -2.54. The summed E-state index contributed by atoms with van der Waals surface area (Å²) in [5.41, 5.74) is 0.179. The second-order valence-corrected chi connectivity index (χ2v) is 8.54. The number of carbonyl (C=O) groups is 4. The van der Waals surface area contributed by atoms with E-state index >= 15 is 0 Å². The minimum Gasteiger partial charge on any atom is -0.493 e. The predicted octanol–water partition coefficient (Wildman–Crippen LogP) is -0.926. The summed E-state index contributed by atoms with van der Waals surface area (Å²) in [6.45, 7) is 3.35. The van der Waals surface area contributed by atoms with Gasteiger partial charge in [0.2, 0.25) is 17.7 Å². The second-order valence-electron chi connectivity index (χ2n) is 8.54. The van der Waals surface area contributed by atoms with E-state index in [1.165, 1.54) is 6.07 Å². The van der Waals surface area contributed by atoms with Crippen LogP contribution in [0.2, 0.25) is 0 Å². The maximum Gasteiger partial charge on any atom is 0.255 e. The average molecular weight is 479 g/mol. The molecule has 0 aromatic heterocycles. The third-order valence-electron chi connectivity index (χ3n) is 5.17. The minimum absolute atomic E-state index is 0.115. The fraction of sp³-hybridized carbons (Fsp3) is 0.565. The van der Waals surface area contributed by atoms with Gasteiger partial charge in [0.15, 0.2) is 0 Å². The molecule has 2 rings (SSSR count). The number of carbonyl (C=O) groups excluding carboxylic acids is 4. The number of aliphatic hydroxyl groups excluding tert-OH is 2. The van der Waals surface area contributed by atoms with E-state index in [1.807, 2.05) is 13.8 Å². The Balaban J connectivity index is 2.33. The van der Waals surface area contributed by atoms with Crippen molar-refractivity contribution in [2.24, 2.45) is 5.92 Å². The van der Waals surface area contributed by atoms with Crippen molar-refractivity contribution in [3.05, 3.63) is 29.8 Å². The standard InChI is InChI=1S/C23H34N4O7/c1-14(2)10-17-22(32)24-8-5-9-34-19-7-4-3-6-16(19)21(31)27-18(11-20(30)26-17)23(33)25-15(12-28)13-29/h3-4,6-7,14-15,17-18,28-29H,5,8-13H2,1-2H3,(H,24,32)(H,25,33)(H,26,30)(H,27,31)/t17-,18+/m1/s1. The molecule has 0 spiro atoms. The van der Waals surface area contributed by atoms with Crippen LogP contribution in [-0.2, 0) is 14.4 Å². The van der Waals surface area contributed by atoms with Crippen LogP contribution in [0.4, 0.5) is 0 Å². The number of amides is 4. The van der Waals surface area contributed by atoms with Gasteiger partial charge in [-0.25, -0.2) is 0 Å². The topological polar surface area (TPSA) is 166 Å². The molecular weight excluding hydrogens is 444 g/mol. The Morgan fingerprint density at radius 1 is 1.15 bits per heavy atom. The van der Waals surface area contributed by atoms with Crippen molar-refractivity contribution in [3.8, 4) is 5.75 Å². The lowest BCUT2D eigenvalue weighted by atomic mass is 10.0. The van der Waals surface area contributed by atoms with Crippen molar-refractivity contribution < 1.29 is 34.1 Å². The minimum atomic E-state index is -1.32. The zero-order valence-corrected chi connectivity index (χ0v) is 19.5. The number of hydrogen-bond acceptors (Lipinski definition) is 7. The molecule has 1 aliphatic rings. The molecule has 11 heteroatoms. The van der Waals surface area contributed by atoms with Gasteiger partial charge in [0.25, 0.3) is 5.91 Å². The average Bonchev–Trinajstić information content (AvgIpc) is 2.80. The van der Waals surface area contributed by atoms with Crippen LogP contribution in [0.25, 0.3) is 0 Å². The first-order valence-corrected chi connectivity index (χ1v) is 11.4. The molecular formula is C23H34N4O7. The Morgan fingerprint density at radius 2 is 1.85 bits per heavy atom. The molecule has 1 heterocycles. The Morgan fingerprint density at radius 3 is 2.53 bits per heavy atom. The first-order valence-electron chi connectivity index (χ1n) is 11.4. The van der Waals surface area contributed by atoms with E-state index in [0.717, 1.165) is 0 Å². The highest BCUT2D eigenvalue weighted by atomic mass is 16.5. The Labute approximate surface area is 198 Å². The molecule has 0 unspecified atom stereocenters. The number of aliphatic hydroxyl groups is 2. The van der Waals surface area contributed by atoms with Gasteiger partial charge < -0.3 is 36.2 Å². The number of fused-ring (bicyclic) bond motifs is 1. The highest BCUT2D eigenvalue weighted by Gasteiger charge is 2.29. The van der Waals surface area contributed by atoms with Gasteiger partial charge in [0.1, 0.15) is 17.8 Å². The number of rotatable bonds is 6. The van der Waals surface area contributed by atoms with Gasteiger partial charge in [-0.1, -0.05) is 26.0 Å². The van der Waals surface area contributed by atoms with Crippen LogP contribution in [0.3, 0.4) is 0 Å². The van der Waals surface area contributed by atoms with E-state index in [1.54, 1.807) is 18.2 Å². The van der Waals surface area contributed by atoms with Gasteiger partial charge in [-0.2, -0.15) is 0 Å². The maximum atomic E-state index is 13.0. The lowest BCUT2D eigenvalue weighted by molar-refractivity contribution is -0.131. The second kappa shape index (κ2) is 13.5. The smallest absolute Gasteiger partial charge is 0.255 e. The molecule has 0 radical (unpaired) electrons. The maximum absolute atomic E-state index is 13.0.